The highest BCUT2D eigenvalue weighted by Crippen LogP contribution is 2.28. The minimum Gasteiger partial charge on any atom is -0.465 e. The lowest BCUT2D eigenvalue weighted by Crippen LogP contribution is -2.19. The first kappa shape index (κ1) is 15.4. The van der Waals surface area contributed by atoms with Gasteiger partial charge in [-0.1, -0.05) is 0 Å². The highest BCUT2D eigenvalue weighted by molar-refractivity contribution is 6.03. The summed E-state index contributed by atoms with van der Waals surface area (Å²) in [6, 6.07) is 9.26. The van der Waals surface area contributed by atoms with E-state index in [0.717, 1.165) is 35.5 Å². The molecule has 1 aliphatic rings. The van der Waals surface area contributed by atoms with Crippen LogP contribution in [0.1, 0.15) is 18.6 Å². The Morgan fingerprint density at radius 3 is 2.88 bits per heavy atom. The minimum atomic E-state index is -0.213. The minimum absolute atomic E-state index is 0.213. The molecule has 1 aromatic carbocycles. The fraction of sp³-hybridized carbons (Fsp3) is 0.211. The number of fused-ring (bicyclic) bond motifs is 1. The lowest BCUT2D eigenvalue weighted by molar-refractivity contribution is -0.111. The Morgan fingerprint density at radius 1 is 1.20 bits per heavy atom. The summed E-state index contributed by atoms with van der Waals surface area (Å²) in [5, 5.41) is 3.83. The lowest BCUT2D eigenvalue weighted by atomic mass is 10.2. The second kappa shape index (κ2) is 6.76. The molecular formula is C19H18N4O2. The van der Waals surface area contributed by atoms with Crippen molar-refractivity contribution in [2.24, 2.45) is 0 Å². The molecule has 0 aliphatic carbocycles. The maximum absolute atomic E-state index is 12.1. The molecule has 0 bridgehead atoms. The third-order valence-corrected chi connectivity index (χ3v) is 4.23. The van der Waals surface area contributed by atoms with Crippen LogP contribution >= 0.6 is 0 Å². The highest BCUT2D eigenvalue weighted by Gasteiger charge is 2.16. The zero-order valence-corrected chi connectivity index (χ0v) is 13.7. The van der Waals surface area contributed by atoms with Gasteiger partial charge < -0.3 is 14.6 Å². The van der Waals surface area contributed by atoms with Gasteiger partial charge in [-0.2, -0.15) is 0 Å². The van der Waals surface area contributed by atoms with Crippen LogP contribution in [-0.4, -0.2) is 29.0 Å². The second-order valence-electron chi connectivity index (χ2n) is 5.96. The number of nitrogens with zero attached hydrogens (tertiary/aromatic N) is 3. The Hall–Kier alpha value is -3.15. The number of hydrogen-bond acceptors (Lipinski definition) is 5. The van der Waals surface area contributed by atoms with Crippen molar-refractivity contribution in [3.63, 3.8) is 0 Å². The van der Waals surface area contributed by atoms with Gasteiger partial charge in [-0.15, -0.1) is 0 Å². The summed E-state index contributed by atoms with van der Waals surface area (Å²) < 4.78 is 5.18. The molecule has 4 rings (SSSR count). The molecule has 25 heavy (non-hydrogen) atoms. The van der Waals surface area contributed by atoms with Gasteiger partial charge in [0.05, 0.1) is 11.8 Å². The van der Waals surface area contributed by atoms with E-state index in [1.165, 1.54) is 18.9 Å². The van der Waals surface area contributed by atoms with Gasteiger partial charge in [-0.25, -0.2) is 9.97 Å². The fourth-order valence-electron chi connectivity index (χ4n) is 3.03. The summed E-state index contributed by atoms with van der Waals surface area (Å²) in [7, 11) is 0. The van der Waals surface area contributed by atoms with Crippen molar-refractivity contribution >= 4 is 34.4 Å². The van der Waals surface area contributed by atoms with Gasteiger partial charge in [-0.05, 0) is 49.2 Å². The second-order valence-corrected chi connectivity index (χ2v) is 5.96. The fourth-order valence-corrected chi connectivity index (χ4v) is 3.03. The molecular weight excluding hydrogens is 316 g/mol. The van der Waals surface area contributed by atoms with Crippen molar-refractivity contribution in [2.45, 2.75) is 12.8 Å². The predicted octanol–water partition coefficient (Wildman–Crippen LogP) is 3.47. The summed E-state index contributed by atoms with van der Waals surface area (Å²) in [6.07, 6.45) is 8.61. The molecule has 3 aromatic rings. The van der Waals surface area contributed by atoms with Crippen LogP contribution in [0.15, 0.2) is 53.4 Å². The average molecular weight is 334 g/mol. The van der Waals surface area contributed by atoms with Crippen LogP contribution in [0.25, 0.3) is 17.0 Å². The molecule has 1 aliphatic heterocycles. The van der Waals surface area contributed by atoms with Crippen molar-refractivity contribution < 1.29 is 9.21 Å². The number of aromatic nitrogens is 2. The number of rotatable bonds is 4. The van der Waals surface area contributed by atoms with Gasteiger partial charge in [0.25, 0.3) is 0 Å². The van der Waals surface area contributed by atoms with Crippen molar-refractivity contribution in [1.82, 2.24) is 9.97 Å². The first-order chi connectivity index (χ1) is 12.3. The van der Waals surface area contributed by atoms with Gasteiger partial charge >= 0.3 is 0 Å². The predicted molar refractivity (Wildman–Crippen MR) is 97.4 cm³/mol. The summed E-state index contributed by atoms with van der Waals surface area (Å²) in [4.78, 5) is 23.2. The van der Waals surface area contributed by atoms with Gasteiger partial charge in [-0.3, -0.25) is 4.79 Å². The van der Waals surface area contributed by atoms with Crippen molar-refractivity contribution in [2.75, 3.05) is 23.3 Å². The van der Waals surface area contributed by atoms with Gasteiger partial charge in [0, 0.05) is 30.2 Å². The van der Waals surface area contributed by atoms with E-state index in [-0.39, 0.29) is 5.91 Å². The molecule has 6 heteroatoms. The van der Waals surface area contributed by atoms with Crippen LogP contribution in [-0.2, 0) is 4.79 Å². The molecule has 2 aromatic heterocycles. The Bertz CT molecular complexity index is 912. The Labute approximate surface area is 145 Å². The molecule has 1 saturated heterocycles. The number of anilines is 2. The van der Waals surface area contributed by atoms with E-state index in [0.29, 0.717) is 5.76 Å². The Morgan fingerprint density at radius 2 is 2.08 bits per heavy atom. The quantitative estimate of drug-likeness (QED) is 0.740. The van der Waals surface area contributed by atoms with Crippen LogP contribution in [0.3, 0.4) is 0 Å². The van der Waals surface area contributed by atoms with E-state index in [2.05, 4.69) is 20.2 Å². The number of carbonyl (C=O) groups excluding carboxylic acids is 1. The van der Waals surface area contributed by atoms with E-state index in [9.17, 15) is 4.79 Å². The van der Waals surface area contributed by atoms with Crippen LogP contribution in [0, 0.1) is 0 Å². The average Bonchev–Trinajstić information content (AvgIpc) is 3.33. The van der Waals surface area contributed by atoms with Crippen molar-refractivity contribution in [3.8, 4) is 0 Å². The van der Waals surface area contributed by atoms with Gasteiger partial charge in [0.1, 0.15) is 17.9 Å². The van der Waals surface area contributed by atoms with E-state index in [1.807, 2.05) is 18.2 Å². The van der Waals surface area contributed by atoms with Crippen molar-refractivity contribution in [3.05, 3.63) is 54.8 Å². The smallest absolute Gasteiger partial charge is 0.248 e. The lowest BCUT2D eigenvalue weighted by Gasteiger charge is -2.18. The zero-order chi connectivity index (χ0) is 17.1. The molecule has 0 spiro atoms. The summed E-state index contributed by atoms with van der Waals surface area (Å²) in [5.74, 6) is 1.36. The number of nitrogens with one attached hydrogen (secondary N) is 1. The topological polar surface area (TPSA) is 71.3 Å². The van der Waals surface area contributed by atoms with E-state index in [1.54, 1.807) is 30.8 Å². The molecule has 0 saturated carbocycles. The van der Waals surface area contributed by atoms with E-state index < -0.39 is 0 Å². The Balaban J connectivity index is 1.57. The summed E-state index contributed by atoms with van der Waals surface area (Å²) >= 11 is 0. The molecule has 1 fully saturated rings. The van der Waals surface area contributed by atoms with Crippen LogP contribution < -0.4 is 10.2 Å². The number of furan rings is 1. The maximum atomic E-state index is 12.1. The molecule has 1 N–H and O–H groups in total. The molecule has 6 nitrogen and oxygen atoms in total. The van der Waals surface area contributed by atoms with Crippen LogP contribution in [0.4, 0.5) is 11.5 Å². The van der Waals surface area contributed by atoms with Gasteiger partial charge in [0.2, 0.25) is 5.91 Å². The summed E-state index contributed by atoms with van der Waals surface area (Å²) in [6.45, 7) is 2.02. The monoisotopic (exact) mass is 334 g/mol. The third-order valence-electron chi connectivity index (χ3n) is 4.23. The molecule has 3 heterocycles. The SMILES string of the molecule is O=C(/C=C/c1ccco1)Nc1ccc2ncnc(N3CCCC3)c2c1. The molecule has 0 atom stereocenters. The molecule has 0 radical (unpaired) electrons. The normalized spacial score (nSPS) is 14.5. The molecule has 0 unspecified atom stereocenters. The number of benzene rings is 1. The number of hydrogen-bond donors (Lipinski definition) is 1. The summed E-state index contributed by atoms with van der Waals surface area (Å²) in [5.41, 5.74) is 1.60. The Kier molecular flexibility index (Phi) is 4.16. The largest absolute Gasteiger partial charge is 0.465 e. The number of carbonyl (C=O) groups is 1. The standard InChI is InChI=1S/C19H18N4O2/c24-18(8-6-15-4-3-11-25-15)22-14-5-7-17-16(12-14)19(21-13-20-17)23-9-1-2-10-23/h3-8,11-13H,1-2,9-10H2,(H,22,24)/b8-6+. The zero-order valence-electron chi connectivity index (χ0n) is 13.7. The van der Waals surface area contributed by atoms with E-state index in [4.69, 9.17) is 4.42 Å². The molecule has 1 amide bonds. The maximum Gasteiger partial charge on any atom is 0.248 e. The van der Waals surface area contributed by atoms with E-state index >= 15 is 0 Å². The van der Waals surface area contributed by atoms with Crippen molar-refractivity contribution in [1.29, 1.82) is 0 Å². The first-order valence-electron chi connectivity index (χ1n) is 8.32. The van der Waals surface area contributed by atoms with Crippen LogP contribution in [0.5, 0.6) is 0 Å². The first-order valence-corrected chi connectivity index (χ1v) is 8.32. The highest BCUT2D eigenvalue weighted by atomic mass is 16.3. The third kappa shape index (κ3) is 3.38. The number of amides is 1. The molecule has 126 valence electrons. The van der Waals surface area contributed by atoms with Crippen LogP contribution in [0.2, 0.25) is 0 Å². The van der Waals surface area contributed by atoms with Gasteiger partial charge in [0.15, 0.2) is 0 Å².